The molecule has 0 aliphatic rings. The molecular weight excluding hydrogens is 176 g/mol. The van der Waals surface area contributed by atoms with E-state index in [9.17, 15) is 4.79 Å². The third kappa shape index (κ3) is 3.30. The van der Waals surface area contributed by atoms with Crippen molar-refractivity contribution in [1.29, 1.82) is 0 Å². The van der Waals surface area contributed by atoms with Crippen LogP contribution in [0.1, 0.15) is 30.6 Å². The number of ether oxygens (including phenoxy) is 1. The van der Waals surface area contributed by atoms with Crippen LogP contribution in [-0.2, 0) is 4.74 Å². The van der Waals surface area contributed by atoms with Crippen molar-refractivity contribution in [3.05, 3.63) is 35.9 Å². The normalized spacial score (nSPS) is 12.4. The number of benzene rings is 1. The van der Waals surface area contributed by atoms with Crippen molar-refractivity contribution in [3.8, 4) is 0 Å². The average Bonchev–Trinajstić information content (AvgIpc) is 2.19. The summed E-state index contributed by atoms with van der Waals surface area (Å²) >= 11 is 0. The summed E-state index contributed by atoms with van der Waals surface area (Å²) in [4.78, 5) is 11.6. The quantitative estimate of drug-likeness (QED) is 0.670. The first-order valence-corrected chi connectivity index (χ1v) is 4.94. The summed E-state index contributed by atoms with van der Waals surface area (Å²) in [5, 5.41) is 0. The average molecular weight is 192 g/mol. The molecule has 0 saturated carbocycles. The first kappa shape index (κ1) is 10.9. The molecule has 0 fully saturated rings. The van der Waals surface area contributed by atoms with Crippen LogP contribution in [0.2, 0.25) is 0 Å². The van der Waals surface area contributed by atoms with Crippen LogP contribution in [-0.4, -0.2) is 18.5 Å². The first-order chi connectivity index (χ1) is 6.74. The second-order valence-corrected chi connectivity index (χ2v) is 3.26. The second-order valence-electron chi connectivity index (χ2n) is 3.26. The van der Waals surface area contributed by atoms with Gasteiger partial charge in [-0.3, -0.25) is 4.79 Å². The Hall–Kier alpha value is -1.15. The molecule has 0 aliphatic carbocycles. The van der Waals surface area contributed by atoms with E-state index < -0.39 is 0 Å². The lowest BCUT2D eigenvalue weighted by molar-refractivity contribution is 0.0609. The molecule has 1 atom stereocenters. The van der Waals surface area contributed by atoms with E-state index in [2.05, 4.69) is 0 Å². The minimum atomic E-state index is 0.00714. The van der Waals surface area contributed by atoms with E-state index in [-0.39, 0.29) is 11.9 Å². The van der Waals surface area contributed by atoms with Crippen LogP contribution in [0.25, 0.3) is 0 Å². The zero-order valence-corrected chi connectivity index (χ0v) is 8.69. The van der Waals surface area contributed by atoms with Crippen molar-refractivity contribution >= 4 is 5.78 Å². The van der Waals surface area contributed by atoms with E-state index in [0.29, 0.717) is 13.0 Å². The smallest absolute Gasteiger partial charge is 0.165 e. The Kier molecular flexibility index (Phi) is 4.33. The van der Waals surface area contributed by atoms with Crippen molar-refractivity contribution < 1.29 is 9.53 Å². The number of hydrogen-bond donors (Lipinski definition) is 0. The predicted octanol–water partition coefficient (Wildman–Crippen LogP) is 2.68. The lowest BCUT2D eigenvalue weighted by Crippen LogP contribution is -2.14. The van der Waals surface area contributed by atoms with Gasteiger partial charge in [-0.1, -0.05) is 30.3 Å². The molecule has 1 aromatic rings. The van der Waals surface area contributed by atoms with Gasteiger partial charge in [0.05, 0.1) is 6.10 Å². The van der Waals surface area contributed by atoms with Gasteiger partial charge in [-0.15, -0.1) is 0 Å². The van der Waals surface area contributed by atoms with E-state index in [4.69, 9.17) is 4.74 Å². The Labute approximate surface area is 84.9 Å². The maximum absolute atomic E-state index is 11.6. The van der Waals surface area contributed by atoms with Crippen molar-refractivity contribution in [2.45, 2.75) is 26.4 Å². The van der Waals surface area contributed by atoms with Gasteiger partial charge in [-0.25, -0.2) is 0 Å². The molecule has 0 amide bonds. The zero-order valence-electron chi connectivity index (χ0n) is 8.69. The summed E-state index contributed by atoms with van der Waals surface area (Å²) in [5.74, 6) is 0.145. The summed E-state index contributed by atoms with van der Waals surface area (Å²) in [6.45, 7) is 4.51. The second kappa shape index (κ2) is 5.55. The molecule has 0 N–H and O–H groups in total. The van der Waals surface area contributed by atoms with Crippen molar-refractivity contribution in [2.24, 2.45) is 0 Å². The monoisotopic (exact) mass is 192 g/mol. The number of rotatable bonds is 5. The lowest BCUT2D eigenvalue weighted by Gasteiger charge is -2.09. The highest BCUT2D eigenvalue weighted by Gasteiger charge is 2.10. The fourth-order valence-corrected chi connectivity index (χ4v) is 1.35. The van der Waals surface area contributed by atoms with Gasteiger partial charge in [-0.2, -0.15) is 0 Å². The summed E-state index contributed by atoms with van der Waals surface area (Å²) in [6.07, 6.45) is 0.463. The Bertz CT molecular complexity index is 280. The Balaban J connectivity index is 2.51. The highest BCUT2D eigenvalue weighted by molar-refractivity contribution is 5.96. The molecule has 0 spiro atoms. The van der Waals surface area contributed by atoms with Gasteiger partial charge in [0.15, 0.2) is 5.78 Å². The maximum atomic E-state index is 11.6. The summed E-state index contributed by atoms with van der Waals surface area (Å²) in [7, 11) is 0. The van der Waals surface area contributed by atoms with E-state index in [1.807, 2.05) is 44.2 Å². The van der Waals surface area contributed by atoms with E-state index in [0.717, 1.165) is 5.56 Å². The lowest BCUT2D eigenvalue weighted by atomic mass is 10.1. The van der Waals surface area contributed by atoms with Crippen LogP contribution in [0.4, 0.5) is 0 Å². The standard InChI is InChI=1S/C12H16O2/c1-3-14-10(2)9-12(13)11-7-5-4-6-8-11/h4-8,10H,3,9H2,1-2H3/t10-/m1/s1. The first-order valence-electron chi connectivity index (χ1n) is 4.94. The Morgan fingerprint density at radius 1 is 1.36 bits per heavy atom. The van der Waals surface area contributed by atoms with Gasteiger partial charge < -0.3 is 4.74 Å². The number of hydrogen-bond acceptors (Lipinski definition) is 2. The van der Waals surface area contributed by atoms with Crippen molar-refractivity contribution in [3.63, 3.8) is 0 Å². The molecule has 2 heteroatoms. The Morgan fingerprint density at radius 2 is 2.00 bits per heavy atom. The zero-order chi connectivity index (χ0) is 10.4. The van der Waals surface area contributed by atoms with Gasteiger partial charge in [-0.05, 0) is 13.8 Å². The minimum absolute atomic E-state index is 0.00714. The topological polar surface area (TPSA) is 26.3 Å². The fourth-order valence-electron chi connectivity index (χ4n) is 1.35. The third-order valence-corrected chi connectivity index (χ3v) is 2.02. The van der Waals surface area contributed by atoms with Gasteiger partial charge in [0.1, 0.15) is 0 Å². The van der Waals surface area contributed by atoms with Crippen LogP contribution in [0.15, 0.2) is 30.3 Å². The van der Waals surface area contributed by atoms with E-state index in [1.54, 1.807) is 0 Å². The summed E-state index contributed by atoms with van der Waals surface area (Å²) < 4.78 is 5.31. The number of carbonyl (C=O) groups excluding carboxylic acids is 1. The van der Waals surface area contributed by atoms with Crippen molar-refractivity contribution in [1.82, 2.24) is 0 Å². The fraction of sp³-hybridized carbons (Fsp3) is 0.417. The van der Waals surface area contributed by atoms with E-state index in [1.165, 1.54) is 0 Å². The SMILES string of the molecule is CCO[C@H](C)CC(=O)c1ccccc1. The number of Topliss-reactive ketones (excluding diaryl/α,β-unsaturated/α-hetero) is 1. The highest BCUT2D eigenvalue weighted by Crippen LogP contribution is 2.07. The molecule has 0 bridgehead atoms. The minimum Gasteiger partial charge on any atom is -0.378 e. The molecule has 14 heavy (non-hydrogen) atoms. The molecule has 0 unspecified atom stereocenters. The van der Waals surface area contributed by atoms with Gasteiger partial charge in [0, 0.05) is 18.6 Å². The van der Waals surface area contributed by atoms with E-state index >= 15 is 0 Å². The number of carbonyl (C=O) groups is 1. The largest absolute Gasteiger partial charge is 0.378 e. The number of ketones is 1. The van der Waals surface area contributed by atoms with Gasteiger partial charge >= 0.3 is 0 Å². The predicted molar refractivity (Wildman–Crippen MR) is 56.5 cm³/mol. The van der Waals surface area contributed by atoms with Crippen LogP contribution in [0, 0.1) is 0 Å². The molecule has 1 rings (SSSR count). The molecule has 0 radical (unpaired) electrons. The molecular formula is C12H16O2. The van der Waals surface area contributed by atoms with Gasteiger partial charge in [0.2, 0.25) is 0 Å². The molecule has 76 valence electrons. The Morgan fingerprint density at radius 3 is 2.57 bits per heavy atom. The molecule has 2 nitrogen and oxygen atoms in total. The third-order valence-electron chi connectivity index (χ3n) is 2.02. The molecule has 0 aromatic heterocycles. The summed E-state index contributed by atoms with van der Waals surface area (Å²) in [6, 6.07) is 9.32. The van der Waals surface area contributed by atoms with Crippen LogP contribution in [0.5, 0.6) is 0 Å². The van der Waals surface area contributed by atoms with Crippen LogP contribution < -0.4 is 0 Å². The molecule has 0 heterocycles. The van der Waals surface area contributed by atoms with Gasteiger partial charge in [0.25, 0.3) is 0 Å². The van der Waals surface area contributed by atoms with Crippen molar-refractivity contribution in [2.75, 3.05) is 6.61 Å². The summed E-state index contributed by atoms with van der Waals surface area (Å²) in [5.41, 5.74) is 0.763. The highest BCUT2D eigenvalue weighted by atomic mass is 16.5. The molecule has 1 aromatic carbocycles. The maximum Gasteiger partial charge on any atom is 0.165 e. The van der Waals surface area contributed by atoms with Crippen LogP contribution >= 0.6 is 0 Å². The molecule has 0 aliphatic heterocycles. The van der Waals surface area contributed by atoms with Crippen LogP contribution in [0.3, 0.4) is 0 Å². The molecule has 0 saturated heterocycles.